The van der Waals surface area contributed by atoms with Gasteiger partial charge in [0.1, 0.15) is 0 Å². The smallest absolute Gasteiger partial charge is 0.254 e. The number of fused-ring (bicyclic) bond motifs is 1. The number of benzene rings is 1. The van der Waals surface area contributed by atoms with Gasteiger partial charge < -0.3 is 14.2 Å². The Morgan fingerprint density at radius 1 is 1.45 bits per heavy atom. The van der Waals surface area contributed by atoms with Crippen LogP contribution in [-0.4, -0.2) is 46.2 Å². The first kappa shape index (κ1) is 13.1. The van der Waals surface area contributed by atoms with E-state index in [1.54, 1.807) is 6.33 Å². The molecule has 2 aromatic rings. The van der Waals surface area contributed by atoms with E-state index in [0.717, 1.165) is 30.6 Å². The predicted octanol–water partition coefficient (Wildman–Crippen LogP) is 1.82. The third kappa shape index (κ3) is 2.41. The summed E-state index contributed by atoms with van der Waals surface area (Å²) in [6.45, 7) is 4.14. The van der Waals surface area contributed by atoms with Gasteiger partial charge in [0.2, 0.25) is 0 Å². The van der Waals surface area contributed by atoms with Gasteiger partial charge in [-0.25, -0.2) is 4.98 Å². The van der Waals surface area contributed by atoms with E-state index < -0.39 is 0 Å². The lowest BCUT2D eigenvalue weighted by atomic mass is 10.1. The van der Waals surface area contributed by atoms with Crippen molar-refractivity contribution in [2.75, 3.05) is 19.7 Å². The molecular formula is C15H19N3O2. The summed E-state index contributed by atoms with van der Waals surface area (Å²) < 4.78 is 7.53. The van der Waals surface area contributed by atoms with Crippen molar-refractivity contribution in [1.82, 2.24) is 14.5 Å². The Labute approximate surface area is 118 Å². The van der Waals surface area contributed by atoms with Crippen LogP contribution in [0.5, 0.6) is 0 Å². The molecule has 2 heterocycles. The Morgan fingerprint density at radius 3 is 3.15 bits per heavy atom. The number of hydrogen-bond donors (Lipinski definition) is 0. The van der Waals surface area contributed by atoms with Crippen molar-refractivity contribution in [3.8, 4) is 0 Å². The van der Waals surface area contributed by atoms with Crippen LogP contribution < -0.4 is 0 Å². The zero-order valence-corrected chi connectivity index (χ0v) is 11.9. The molecule has 0 N–H and O–H groups in total. The van der Waals surface area contributed by atoms with Gasteiger partial charge in [0, 0.05) is 32.3 Å². The number of aromatic nitrogens is 2. The van der Waals surface area contributed by atoms with Crippen molar-refractivity contribution in [2.24, 2.45) is 7.05 Å². The standard InChI is InChI=1S/C15H19N3O2/c1-11-9-18(6-3-7-20-11)15(19)12-4-5-14-13(8-12)16-10-17(14)2/h4-5,8,10-11H,3,6-7,9H2,1-2H3. The molecule has 106 valence electrons. The molecule has 1 unspecified atom stereocenters. The van der Waals surface area contributed by atoms with Crippen molar-refractivity contribution in [3.63, 3.8) is 0 Å². The minimum absolute atomic E-state index is 0.0647. The highest BCUT2D eigenvalue weighted by molar-refractivity contribution is 5.97. The highest BCUT2D eigenvalue weighted by Gasteiger charge is 2.21. The van der Waals surface area contributed by atoms with Gasteiger partial charge in [0.05, 0.1) is 23.5 Å². The summed E-state index contributed by atoms with van der Waals surface area (Å²) in [7, 11) is 1.95. The average molecular weight is 273 g/mol. The topological polar surface area (TPSA) is 47.4 Å². The fourth-order valence-corrected chi connectivity index (χ4v) is 2.63. The Balaban J connectivity index is 1.87. The number of nitrogens with zero attached hydrogens (tertiary/aromatic N) is 3. The minimum Gasteiger partial charge on any atom is -0.377 e. The van der Waals surface area contributed by atoms with E-state index in [1.165, 1.54) is 0 Å². The molecular weight excluding hydrogens is 254 g/mol. The van der Waals surface area contributed by atoms with Gasteiger partial charge in [-0.2, -0.15) is 0 Å². The molecule has 5 heteroatoms. The number of carbonyl (C=O) groups is 1. The number of rotatable bonds is 1. The molecule has 3 rings (SSSR count). The van der Waals surface area contributed by atoms with Gasteiger partial charge >= 0.3 is 0 Å². The number of imidazole rings is 1. The van der Waals surface area contributed by atoms with E-state index in [9.17, 15) is 4.79 Å². The quantitative estimate of drug-likeness (QED) is 0.796. The molecule has 5 nitrogen and oxygen atoms in total. The molecule has 0 aliphatic carbocycles. The van der Waals surface area contributed by atoms with E-state index >= 15 is 0 Å². The zero-order valence-electron chi connectivity index (χ0n) is 11.9. The summed E-state index contributed by atoms with van der Waals surface area (Å²) >= 11 is 0. The summed E-state index contributed by atoms with van der Waals surface area (Å²) in [6, 6.07) is 5.70. The van der Waals surface area contributed by atoms with Crippen molar-refractivity contribution >= 4 is 16.9 Å². The minimum atomic E-state index is 0.0647. The lowest BCUT2D eigenvalue weighted by molar-refractivity contribution is 0.0563. The molecule has 1 aromatic heterocycles. The van der Waals surface area contributed by atoms with Crippen LogP contribution in [0.1, 0.15) is 23.7 Å². The summed E-state index contributed by atoms with van der Waals surface area (Å²) in [5, 5.41) is 0. The third-order valence-electron chi connectivity index (χ3n) is 3.71. The van der Waals surface area contributed by atoms with Gasteiger partial charge in [-0.15, -0.1) is 0 Å². The Kier molecular flexibility index (Phi) is 3.44. The maximum Gasteiger partial charge on any atom is 0.254 e. The number of amides is 1. The first-order chi connectivity index (χ1) is 9.65. The molecule has 0 bridgehead atoms. The fraction of sp³-hybridized carbons (Fsp3) is 0.467. The van der Waals surface area contributed by atoms with E-state index in [-0.39, 0.29) is 12.0 Å². The van der Waals surface area contributed by atoms with E-state index in [2.05, 4.69) is 4.98 Å². The first-order valence-corrected chi connectivity index (χ1v) is 6.97. The van der Waals surface area contributed by atoms with E-state index in [4.69, 9.17) is 4.74 Å². The van der Waals surface area contributed by atoms with Gasteiger partial charge in [-0.05, 0) is 31.5 Å². The molecule has 0 saturated carbocycles. The van der Waals surface area contributed by atoms with Crippen molar-refractivity contribution in [1.29, 1.82) is 0 Å². The molecule has 0 radical (unpaired) electrons. The largest absolute Gasteiger partial charge is 0.377 e. The van der Waals surface area contributed by atoms with Crippen LogP contribution in [0.2, 0.25) is 0 Å². The van der Waals surface area contributed by atoms with Crippen molar-refractivity contribution in [2.45, 2.75) is 19.4 Å². The van der Waals surface area contributed by atoms with Crippen LogP contribution in [0.3, 0.4) is 0 Å². The molecule has 1 aromatic carbocycles. The van der Waals surface area contributed by atoms with Crippen LogP contribution in [0.15, 0.2) is 24.5 Å². The SMILES string of the molecule is CC1CN(C(=O)c2ccc3c(c2)ncn3C)CCCO1. The third-order valence-corrected chi connectivity index (χ3v) is 3.71. The second-order valence-corrected chi connectivity index (χ2v) is 5.35. The molecule has 1 atom stereocenters. The zero-order chi connectivity index (χ0) is 14.1. The summed E-state index contributed by atoms with van der Waals surface area (Å²) in [5.41, 5.74) is 2.59. The number of ether oxygens (including phenoxy) is 1. The number of hydrogen-bond acceptors (Lipinski definition) is 3. The summed E-state index contributed by atoms with van der Waals surface area (Å²) in [6.07, 6.45) is 2.75. The molecule has 1 saturated heterocycles. The van der Waals surface area contributed by atoms with Crippen LogP contribution in [0.4, 0.5) is 0 Å². The molecule has 1 fully saturated rings. The normalized spacial score (nSPS) is 20.1. The lowest BCUT2D eigenvalue weighted by Crippen LogP contribution is -2.35. The maximum absolute atomic E-state index is 12.6. The second-order valence-electron chi connectivity index (χ2n) is 5.35. The van der Waals surface area contributed by atoms with E-state index in [1.807, 2.05) is 41.6 Å². The molecule has 0 spiro atoms. The molecule has 20 heavy (non-hydrogen) atoms. The van der Waals surface area contributed by atoms with Crippen LogP contribution in [-0.2, 0) is 11.8 Å². The van der Waals surface area contributed by atoms with Crippen LogP contribution in [0.25, 0.3) is 11.0 Å². The maximum atomic E-state index is 12.6. The second kappa shape index (κ2) is 5.25. The van der Waals surface area contributed by atoms with Crippen LogP contribution in [0, 0.1) is 0 Å². The Hall–Kier alpha value is -1.88. The van der Waals surface area contributed by atoms with Gasteiger partial charge in [-0.3, -0.25) is 4.79 Å². The molecule has 1 aliphatic rings. The fourth-order valence-electron chi connectivity index (χ4n) is 2.63. The van der Waals surface area contributed by atoms with Gasteiger partial charge in [-0.1, -0.05) is 0 Å². The van der Waals surface area contributed by atoms with Crippen LogP contribution >= 0.6 is 0 Å². The Bertz CT molecular complexity index is 635. The monoisotopic (exact) mass is 273 g/mol. The lowest BCUT2D eigenvalue weighted by Gasteiger charge is -2.22. The average Bonchev–Trinajstić information content (AvgIpc) is 2.68. The molecule has 1 aliphatic heterocycles. The molecule has 1 amide bonds. The predicted molar refractivity (Wildman–Crippen MR) is 76.6 cm³/mol. The summed E-state index contributed by atoms with van der Waals surface area (Å²) in [4.78, 5) is 18.8. The van der Waals surface area contributed by atoms with E-state index in [0.29, 0.717) is 12.1 Å². The highest BCUT2D eigenvalue weighted by atomic mass is 16.5. The Morgan fingerprint density at radius 2 is 2.30 bits per heavy atom. The highest BCUT2D eigenvalue weighted by Crippen LogP contribution is 2.16. The van der Waals surface area contributed by atoms with Crippen molar-refractivity contribution < 1.29 is 9.53 Å². The van der Waals surface area contributed by atoms with Gasteiger partial charge in [0.15, 0.2) is 0 Å². The summed E-state index contributed by atoms with van der Waals surface area (Å²) in [5.74, 6) is 0.0647. The van der Waals surface area contributed by atoms with Crippen molar-refractivity contribution in [3.05, 3.63) is 30.1 Å². The number of carbonyl (C=O) groups excluding carboxylic acids is 1. The number of aryl methyl sites for hydroxylation is 1. The van der Waals surface area contributed by atoms with Gasteiger partial charge in [0.25, 0.3) is 5.91 Å². The first-order valence-electron chi connectivity index (χ1n) is 6.97.